The average Bonchev–Trinajstić information content (AvgIpc) is 3.04. The predicted octanol–water partition coefficient (Wildman–Crippen LogP) is 0.685. The number of likely N-dealkylation sites (tertiary alicyclic amines) is 1. The van der Waals surface area contributed by atoms with Crippen LogP contribution >= 0.6 is 0 Å². The summed E-state index contributed by atoms with van der Waals surface area (Å²) in [5.41, 5.74) is -0.0279. The van der Waals surface area contributed by atoms with E-state index in [1.54, 1.807) is 6.20 Å². The summed E-state index contributed by atoms with van der Waals surface area (Å²) in [6.07, 6.45) is 5.22. The summed E-state index contributed by atoms with van der Waals surface area (Å²) in [5, 5.41) is 0. The summed E-state index contributed by atoms with van der Waals surface area (Å²) < 4.78 is 1.34. The van der Waals surface area contributed by atoms with Crippen LogP contribution in [0.5, 0.6) is 0 Å². The molecule has 2 aromatic heterocycles. The molecule has 1 N–H and O–H groups in total. The van der Waals surface area contributed by atoms with Gasteiger partial charge in [0.25, 0.3) is 5.56 Å². The SMILES string of the molecule is O=C(CCn1ccc(=O)[nH]c1=O)N1CCC[C@H]1c1ccccn1. The Bertz CT molecular complexity index is 797. The van der Waals surface area contributed by atoms with E-state index in [0.717, 1.165) is 18.5 Å². The lowest BCUT2D eigenvalue weighted by atomic mass is 10.1. The summed E-state index contributed by atoms with van der Waals surface area (Å²) in [6.45, 7) is 0.959. The quantitative estimate of drug-likeness (QED) is 0.899. The number of pyridine rings is 1. The van der Waals surface area contributed by atoms with E-state index in [9.17, 15) is 14.4 Å². The number of carbonyl (C=O) groups is 1. The van der Waals surface area contributed by atoms with Crippen molar-refractivity contribution in [3.05, 3.63) is 63.2 Å². The maximum atomic E-state index is 12.5. The number of carbonyl (C=O) groups excluding carboxylic acids is 1. The second-order valence-corrected chi connectivity index (χ2v) is 5.55. The van der Waals surface area contributed by atoms with Crippen LogP contribution in [0.3, 0.4) is 0 Å². The van der Waals surface area contributed by atoms with Gasteiger partial charge in [0, 0.05) is 38.0 Å². The maximum absolute atomic E-state index is 12.5. The zero-order valence-corrected chi connectivity index (χ0v) is 12.6. The summed E-state index contributed by atoms with van der Waals surface area (Å²) in [4.78, 5) is 43.5. The number of amides is 1. The van der Waals surface area contributed by atoms with Gasteiger partial charge in [0.1, 0.15) is 0 Å². The van der Waals surface area contributed by atoms with Crippen molar-refractivity contribution >= 4 is 5.91 Å². The van der Waals surface area contributed by atoms with Crippen molar-refractivity contribution in [2.45, 2.75) is 31.8 Å². The maximum Gasteiger partial charge on any atom is 0.328 e. The molecule has 1 amide bonds. The Morgan fingerprint density at radius 3 is 2.91 bits per heavy atom. The lowest BCUT2D eigenvalue weighted by molar-refractivity contribution is -0.132. The van der Waals surface area contributed by atoms with Crippen molar-refractivity contribution in [3.63, 3.8) is 0 Å². The molecular weight excluding hydrogens is 296 g/mol. The minimum Gasteiger partial charge on any atom is -0.334 e. The highest BCUT2D eigenvalue weighted by Crippen LogP contribution is 2.30. The molecule has 1 saturated heterocycles. The highest BCUT2D eigenvalue weighted by Gasteiger charge is 2.30. The van der Waals surface area contributed by atoms with Gasteiger partial charge in [-0.2, -0.15) is 0 Å². The molecule has 0 radical (unpaired) electrons. The molecule has 0 aliphatic carbocycles. The van der Waals surface area contributed by atoms with E-state index in [0.29, 0.717) is 6.54 Å². The Balaban J connectivity index is 1.68. The van der Waals surface area contributed by atoms with E-state index < -0.39 is 11.2 Å². The third-order valence-electron chi connectivity index (χ3n) is 4.07. The van der Waals surface area contributed by atoms with E-state index in [1.165, 1.54) is 16.8 Å². The number of hydrogen-bond acceptors (Lipinski definition) is 4. The first-order valence-corrected chi connectivity index (χ1v) is 7.65. The van der Waals surface area contributed by atoms with E-state index in [2.05, 4.69) is 9.97 Å². The summed E-state index contributed by atoms with van der Waals surface area (Å²) in [6, 6.07) is 6.99. The number of nitrogens with one attached hydrogen (secondary N) is 1. The molecule has 1 aliphatic rings. The number of nitrogens with zero attached hydrogens (tertiary/aromatic N) is 3. The first kappa shape index (κ1) is 15.2. The van der Waals surface area contributed by atoms with Crippen LogP contribution in [0.15, 0.2) is 46.2 Å². The van der Waals surface area contributed by atoms with Gasteiger partial charge < -0.3 is 9.47 Å². The highest BCUT2D eigenvalue weighted by molar-refractivity contribution is 5.76. The molecule has 1 atom stereocenters. The Kier molecular flexibility index (Phi) is 4.36. The van der Waals surface area contributed by atoms with Gasteiger partial charge in [-0.3, -0.25) is 19.6 Å². The van der Waals surface area contributed by atoms with Gasteiger partial charge in [0.15, 0.2) is 0 Å². The van der Waals surface area contributed by atoms with Crippen molar-refractivity contribution in [2.75, 3.05) is 6.54 Å². The first-order valence-electron chi connectivity index (χ1n) is 7.65. The van der Waals surface area contributed by atoms with Crippen LogP contribution in [-0.2, 0) is 11.3 Å². The molecule has 23 heavy (non-hydrogen) atoms. The number of aromatic amines is 1. The smallest absolute Gasteiger partial charge is 0.328 e. The summed E-state index contributed by atoms with van der Waals surface area (Å²) in [5.74, 6) is -0.00347. The van der Waals surface area contributed by atoms with E-state index in [-0.39, 0.29) is 24.9 Å². The number of rotatable bonds is 4. The predicted molar refractivity (Wildman–Crippen MR) is 83.9 cm³/mol. The zero-order chi connectivity index (χ0) is 16.2. The van der Waals surface area contributed by atoms with Crippen molar-refractivity contribution in [2.24, 2.45) is 0 Å². The van der Waals surface area contributed by atoms with E-state index in [4.69, 9.17) is 0 Å². The van der Waals surface area contributed by atoms with Crippen LogP contribution in [0.2, 0.25) is 0 Å². The van der Waals surface area contributed by atoms with Gasteiger partial charge in [0.2, 0.25) is 5.91 Å². The normalized spacial score (nSPS) is 17.4. The fourth-order valence-corrected chi connectivity index (χ4v) is 2.93. The van der Waals surface area contributed by atoms with Crippen molar-refractivity contribution < 1.29 is 4.79 Å². The molecule has 0 saturated carbocycles. The third kappa shape index (κ3) is 3.39. The van der Waals surface area contributed by atoms with Gasteiger partial charge >= 0.3 is 5.69 Å². The van der Waals surface area contributed by atoms with Gasteiger partial charge in [-0.15, -0.1) is 0 Å². The van der Waals surface area contributed by atoms with E-state index >= 15 is 0 Å². The summed E-state index contributed by atoms with van der Waals surface area (Å²) in [7, 11) is 0. The fraction of sp³-hybridized carbons (Fsp3) is 0.375. The fourth-order valence-electron chi connectivity index (χ4n) is 2.93. The lowest BCUT2D eigenvalue weighted by Gasteiger charge is -2.24. The second-order valence-electron chi connectivity index (χ2n) is 5.55. The van der Waals surface area contributed by atoms with Crippen molar-refractivity contribution in [3.8, 4) is 0 Å². The Morgan fingerprint density at radius 1 is 1.30 bits per heavy atom. The third-order valence-corrected chi connectivity index (χ3v) is 4.07. The topological polar surface area (TPSA) is 88.1 Å². The molecule has 3 heterocycles. The Labute approximate surface area is 132 Å². The van der Waals surface area contributed by atoms with Crippen LogP contribution in [0, 0.1) is 0 Å². The Morgan fingerprint density at radius 2 is 2.17 bits per heavy atom. The molecule has 2 aromatic rings. The minimum absolute atomic E-state index is 0.00347. The van der Waals surface area contributed by atoms with Gasteiger partial charge in [0.05, 0.1) is 11.7 Å². The molecule has 0 unspecified atom stereocenters. The van der Waals surface area contributed by atoms with Crippen molar-refractivity contribution in [1.82, 2.24) is 19.4 Å². The van der Waals surface area contributed by atoms with Gasteiger partial charge in [-0.1, -0.05) is 6.07 Å². The van der Waals surface area contributed by atoms with Crippen LogP contribution in [-0.4, -0.2) is 31.9 Å². The molecule has 1 fully saturated rings. The monoisotopic (exact) mass is 314 g/mol. The van der Waals surface area contributed by atoms with Crippen LogP contribution in [0.25, 0.3) is 0 Å². The lowest BCUT2D eigenvalue weighted by Crippen LogP contribution is -2.34. The number of H-pyrrole nitrogens is 1. The molecule has 0 spiro atoms. The van der Waals surface area contributed by atoms with Gasteiger partial charge in [-0.25, -0.2) is 4.79 Å². The molecule has 0 aromatic carbocycles. The highest BCUT2D eigenvalue weighted by atomic mass is 16.2. The summed E-state index contributed by atoms with van der Waals surface area (Å²) >= 11 is 0. The first-order chi connectivity index (χ1) is 11.1. The second kappa shape index (κ2) is 6.60. The molecule has 0 bridgehead atoms. The zero-order valence-electron chi connectivity index (χ0n) is 12.6. The Hall–Kier alpha value is -2.70. The van der Waals surface area contributed by atoms with E-state index in [1.807, 2.05) is 23.1 Å². The molecule has 3 rings (SSSR count). The molecule has 7 heteroatoms. The van der Waals surface area contributed by atoms with Gasteiger partial charge in [-0.05, 0) is 25.0 Å². The number of aryl methyl sites for hydroxylation is 1. The number of aromatic nitrogens is 3. The van der Waals surface area contributed by atoms with Crippen molar-refractivity contribution in [1.29, 1.82) is 0 Å². The minimum atomic E-state index is -0.493. The van der Waals surface area contributed by atoms with Crippen LogP contribution in [0.4, 0.5) is 0 Å². The molecule has 7 nitrogen and oxygen atoms in total. The van der Waals surface area contributed by atoms with Crippen LogP contribution < -0.4 is 11.2 Å². The molecule has 120 valence electrons. The molecule has 1 aliphatic heterocycles. The average molecular weight is 314 g/mol. The number of hydrogen-bond donors (Lipinski definition) is 1. The molecular formula is C16H18N4O3. The van der Waals surface area contributed by atoms with Crippen LogP contribution in [0.1, 0.15) is 31.0 Å². The standard InChI is InChI=1S/C16H18N4O3/c21-14-6-10-19(16(23)18-14)11-7-15(22)20-9-3-5-13(20)12-4-1-2-8-17-12/h1-2,4,6,8,10,13H,3,5,7,9,11H2,(H,18,21,23)/t13-/m0/s1. The largest absolute Gasteiger partial charge is 0.334 e.